The molecule has 0 fully saturated rings. The molecule has 0 radical (unpaired) electrons. The van der Waals surface area contributed by atoms with Crippen LogP contribution in [0.3, 0.4) is 0 Å². The lowest BCUT2D eigenvalue weighted by molar-refractivity contribution is -0.140. The zero-order valence-electron chi connectivity index (χ0n) is 13.8. The summed E-state index contributed by atoms with van der Waals surface area (Å²) in [5.41, 5.74) is -0.850. The number of nitrogens with one attached hydrogen (secondary N) is 2. The number of thiazole rings is 1. The molecule has 1 unspecified atom stereocenters. The highest BCUT2D eigenvalue weighted by molar-refractivity contribution is 14.0. The highest BCUT2D eigenvalue weighted by Gasteiger charge is 2.33. The first-order valence-electron chi connectivity index (χ1n) is 7.37. The van der Waals surface area contributed by atoms with E-state index in [0.717, 1.165) is 29.7 Å². The Morgan fingerprint density at radius 1 is 1.32 bits per heavy atom. The Hall–Kier alpha value is -0.880. The maximum atomic E-state index is 12.5. The first-order valence-corrected chi connectivity index (χ1v) is 9.13. The number of nitrogens with zero attached hydrogens (tertiary/aromatic N) is 2. The van der Waals surface area contributed by atoms with E-state index in [0.29, 0.717) is 16.9 Å². The van der Waals surface area contributed by atoms with Gasteiger partial charge in [-0.1, -0.05) is 13.0 Å². The Morgan fingerprint density at radius 3 is 2.64 bits per heavy atom. The molecule has 0 aliphatic rings. The molecule has 0 saturated carbocycles. The van der Waals surface area contributed by atoms with Crippen LogP contribution in [0.15, 0.2) is 27.9 Å². The molecule has 0 aliphatic carbocycles. The van der Waals surface area contributed by atoms with Crippen LogP contribution in [0, 0.1) is 5.92 Å². The minimum Gasteiger partial charge on any atom is -0.356 e. The van der Waals surface area contributed by atoms with Crippen LogP contribution in [0.25, 0.3) is 0 Å². The number of halogens is 4. The van der Waals surface area contributed by atoms with Gasteiger partial charge in [-0.3, -0.25) is 4.99 Å². The average molecular weight is 504 g/mol. The lowest BCUT2D eigenvalue weighted by Crippen LogP contribution is -2.39. The van der Waals surface area contributed by atoms with Crippen LogP contribution in [0.2, 0.25) is 0 Å². The van der Waals surface area contributed by atoms with Crippen LogP contribution in [-0.4, -0.2) is 24.5 Å². The summed E-state index contributed by atoms with van der Waals surface area (Å²) in [6.45, 7) is 3.07. The number of hydrogen-bond donors (Lipinski definition) is 2. The number of guanidine groups is 1. The zero-order valence-corrected chi connectivity index (χ0v) is 17.7. The lowest BCUT2D eigenvalue weighted by Gasteiger charge is -2.15. The summed E-state index contributed by atoms with van der Waals surface area (Å²) in [4.78, 5) is 8.99. The molecule has 25 heavy (non-hydrogen) atoms. The van der Waals surface area contributed by atoms with Gasteiger partial charge >= 0.3 is 6.18 Å². The van der Waals surface area contributed by atoms with Gasteiger partial charge < -0.3 is 10.6 Å². The number of aliphatic imine (C=N–C) groups is 1. The Morgan fingerprint density at radius 2 is 2.08 bits per heavy atom. The molecule has 4 nitrogen and oxygen atoms in total. The molecule has 140 valence electrons. The van der Waals surface area contributed by atoms with Crippen molar-refractivity contribution in [1.29, 1.82) is 0 Å². The Kier molecular flexibility index (Phi) is 9.14. The van der Waals surface area contributed by atoms with Gasteiger partial charge in [0, 0.05) is 23.8 Å². The minimum atomic E-state index is -4.40. The van der Waals surface area contributed by atoms with Crippen molar-refractivity contribution in [3.8, 4) is 0 Å². The van der Waals surface area contributed by atoms with Crippen molar-refractivity contribution in [3.63, 3.8) is 0 Å². The van der Waals surface area contributed by atoms with Crippen molar-refractivity contribution in [3.05, 3.63) is 38.5 Å². The predicted octanol–water partition coefficient (Wildman–Crippen LogP) is 4.39. The van der Waals surface area contributed by atoms with Gasteiger partial charge in [0.2, 0.25) is 0 Å². The van der Waals surface area contributed by atoms with Crippen molar-refractivity contribution < 1.29 is 13.2 Å². The van der Waals surface area contributed by atoms with E-state index >= 15 is 0 Å². The quantitative estimate of drug-likeness (QED) is 0.349. The number of hydrogen-bond acceptors (Lipinski definition) is 4. The van der Waals surface area contributed by atoms with Crippen LogP contribution in [0.5, 0.6) is 0 Å². The average Bonchev–Trinajstić information content (AvgIpc) is 3.18. The molecule has 0 bridgehead atoms. The molecule has 2 aromatic heterocycles. The monoisotopic (exact) mass is 504 g/mol. The first-order chi connectivity index (χ1) is 11.4. The largest absolute Gasteiger partial charge is 0.434 e. The fourth-order valence-electron chi connectivity index (χ4n) is 2.02. The Balaban J connectivity index is 0.00000312. The van der Waals surface area contributed by atoms with Crippen molar-refractivity contribution in [2.45, 2.75) is 26.1 Å². The molecule has 0 amide bonds. The number of alkyl halides is 3. The van der Waals surface area contributed by atoms with Gasteiger partial charge in [0.25, 0.3) is 0 Å². The molecular weight excluding hydrogens is 484 g/mol. The second-order valence-electron chi connectivity index (χ2n) is 5.32. The molecular formula is C15H20F3IN4S2. The molecule has 2 aromatic rings. The van der Waals surface area contributed by atoms with Crippen LogP contribution in [0.4, 0.5) is 13.2 Å². The molecule has 10 heteroatoms. The van der Waals surface area contributed by atoms with E-state index in [1.807, 2.05) is 6.07 Å². The fraction of sp³-hybridized carbons (Fsp3) is 0.467. The van der Waals surface area contributed by atoms with Gasteiger partial charge in [-0.15, -0.1) is 46.7 Å². The molecule has 1 atom stereocenters. The summed E-state index contributed by atoms with van der Waals surface area (Å²) >= 11 is 2.71. The number of aromatic nitrogens is 1. The van der Waals surface area contributed by atoms with Crippen LogP contribution < -0.4 is 10.6 Å². The smallest absolute Gasteiger partial charge is 0.356 e. The maximum absolute atomic E-state index is 12.5. The summed E-state index contributed by atoms with van der Waals surface area (Å²) in [5, 5.41) is 9.62. The van der Waals surface area contributed by atoms with Gasteiger partial charge in [-0.05, 0) is 23.8 Å². The second kappa shape index (κ2) is 10.3. The van der Waals surface area contributed by atoms with Crippen molar-refractivity contribution in [1.82, 2.24) is 15.6 Å². The second-order valence-corrected chi connectivity index (χ2v) is 7.29. The van der Waals surface area contributed by atoms with Crippen molar-refractivity contribution in [2.75, 3.05) is 13.6 Å². The van der Waals surface area contributed by atoms with E-state index in [-0.39, 0.29) is 30.5 Å². The molecule has 2 rings (SSSR count). The topological polar surface area (TPSA) is 49.3 Å². The van der Waals surface area contributed by atoms with Crippen LogP contribution in [0.1, 0.15) is 22.5 Å². The van der Waals surface area contributed by atoms with Gasteiger partial charge in [0.15, 0.2) is 11.7 Å². The predicted molar refractivity (Wildman–Crippen MR) is 108 cm³/mol. The van der Waals surface area contributed by atoms with Crippen LogP contribution in [-0.2, 0) is 19.1 Å². The Bertz CT molecular complexity index is 656. The molecule has 0 aliphatic heterocycles. The normalized spacial score (nSPS) is 13.2. The van der Waals surface area contributed by atoms with Crippen molar-refractivity contribution in [2.24, 2.45) is 10.9 Å². The number of thiophene rings is 1. The minimum absolute atomic E-state index is 0. The van der Waals surface area contributed by atoms with E-state index < -0.39 is 11.9 Å². The van der Waals surface area contributed by atoms with Crippen molar-refractivity contribution >= 4 is 52.6 Å². The third kappa shape index (κ3) is 7.48. The summed E-state index contributed by atoms with van der Waals surface area (Å²) in [6, 6.07) is 4.14. The van der Waals surface area contributed by atoms with Gasteiger partial charge in [-0.25, -0.2) is 4.98 Å². The molecule has 0 saturated heterocycles. The summed E-state index contributed by atoms with van der Waals surface area (Å²) in [6.07, 6.45) is -3.42. The number of rotatable bonds is 6. The fourth-order valence-corrected chi connectivity index (χ4v) is 3.63. The van der Waals surface area contributed by atoms with E-state index in [2.05, 4.69) is 39.0 Å². The first kappa shape index (κ1) is 22.2. The lowest BCUT2D eigenvalue weighted by atomic mass is 10.1. The summed E-state index contributed by atoms with van der Waals surface area (Å²) in [7, 11) is 1.63. The van der Waals surface area contributed by atoms with Gasteiger partial charge in [0.1, 0.15) is 5.01 Å². The third-order valence-electron chi connectivity index (χ3n) is 3.22. The SMILES string of the molecule is CN=C(NCc1nc(C(F)(F)F)cs1)NCC(C)Cc1cccs1.I. The van der Waals surface area contributed by atoms with E-state index in [9.17, 15) is 13.2 Å². The maximum Gasteiger partial charge on any atom is 0.434 e. The Labute approximate surface area is 170 Å². The van der Waals surface area contributed by atoms with E-state index in [1.54, 1.807) is 18.4 Å². The molecule has 0 spiro atoms. The summed E-state index contributed by atoms with van der Waals surface area (Å²) in [5.74, 6) is 0.968. The third-order valence-corrected chi connectivity index (χ3v) is 4.97. The zero-order chi connectivity index (χ0) is 17.6. The van der Waals surface area contributed by atoms with Gasteiger partial charge in [0.05, 0.1) is 6.54 Å². The van der Waals surface area contributed by atoms with Gasteiger partial charge in [-0.2, -0.15) is 13.2 Å². The highest BCUT2D eigenvalue weighted by Crippen LogP contribution is 2.29. The van der Waals surface area contributed by atoms with E-state index in [4.69, 9.17) is 0 Å². The molecule has 0 aromatic carbocycles. The highest BCUT2D eigenvalue weighted by atomic mass is 127. The summed E-state index contributed by atoms with van der Waals surface area (Å²) < 4.78 is 37.6. The van der Waals surface area contributed by atoms with E-state index in [1.165, 1.54) is 4.88 Å². The molecule has 2 heterocycles. The van der Waals surface area contributed by atoms with Crippen LogP contribution >= 0.6 is 46.7 Å². The standard InChI is InChI=1S/C15H19F3N4S2.HI/c1-10(6-11-4-3-5-23-11)7-20-14(19-2)21-8-13-22-12(9-24-13)15(16,17)18;/h3-5,9-10H,6-8H2,1-2H3,(H2,19,20,21);1H. The molecule has 2 N–H and O–H groups in total.